The standard InChI is InChI=1S/C26H28N6O2/c33-12-11-32-26(29-16-30-32)24-20(18-7-5-17(6-8-18)15-31-9-2-10-31)13-27-21-4-1-3-19-22(34)14-28-25(24)23(19)21/h1,3-8,16,20,24,27,33H,2,9-15H2. The van der Waals surface area contributed by atoms with E-state index in [2.05, 4.69) is 44.6 Å². The number of likely N-dealkylation sites (tertiary alicyclic amines) is 1. The maximum absolute atomic E-state index is 12.7. The van der Waals surface area contributed by atoms with Crippen molar-refractivity contribution in [2.75, 3.05) is 38.1 Å². The predicted octanol–water partition coefficient (Wildman–Crippen LogP) is 2.45. The summed E-state index contributed by atoms with van der Waals surface area (Å²) in [6, 6.07) is 14.7. The first-order valence-electron chi connectivity index (χ1n) is 12.0. The molecule has 1 fully saturated rings. The summed E-state index contributed by atoms with van der Waals surface area (Å²) < 4.78 is 1.77. The molecule has 1 aromatic heterocycles. The molecule has 2 aromatic carbocycles. The SMILES string of the molecule is O=C1CN=C2c3c(cccc31)NCC(c1ccc(CN3CCC3)cc1)C2c1ncnn1CCO. The second kappa shape index (κ2) is 8.77. The number of rotatable bonds is 6. The Hall–Kier alpha value is -3.36. The van der Waals surface area contributed by atoms with E-state index < -0.39 is 0 Å². The van der Waals surface area contributed by atoms with Crippen LogP contribution >= 0.6 is 0 Å². The van der Waals surface area contributed by atoms with Crippen LogP contribution in [0.3, 0.4) is 0 Å². The van der Waals surface area contributed by atoms with E-state index in [0.29, 0.717) is 18.7 Å². The second-order valence-corrected chi connectivity index (χ2v) is 9.25. The molecular formula is C26H28N6O2. The number of ketones is 1. The molecule has 8 heteroatoms. The molecule has 0 saturated carbocycles. The summed E-state index contributed by atoms with van der Waals surface area (Å²) in [7, 11) is 0. The summed E-state index contributed by atoms with van der Waals surface area (Å²) in [5.74, 6) is 0.637. The molecule has 3 aliphatic rings. The monoisotopic (exact) mass is 456 g/mol. The third-order valence-corrected chi connectivity index (χ3v) is 7.22. The van der Waals surface area contributed by atoms with E-state index in [4.69, 9.17) is 4.99 Å². The molecule has 0 bridgehead atoms. The van der Waals surface area contributed by atoms with Gasteiger partial charge in [-0.2, -0.15) is 5.10 Å². The highest BCUT2D eigenvalue weighted by Gasteiger charge is 2.40. The highest BCUT2D eigenvalue weighted by molar-refractivity contribution is 6.20. The van der Waals surface area contributed by atoms with E-state index in [-0.39, 0.29) is 30.8 Å². The van der Waals surface area contributed by atoms with E-state index in [9.17, 15) is 9.90 Å². The lowest BCUT2D eigenvalue weighted by Gasteiger charge is -2.31. The molecule has 0 radical (unpaired) electrons. The number of anilines is 1. The Morgan fingerprint density at radius 2 is 1.97 bits per heavy atom. The normalized spacial score (nSPS) is 21.8. The van der Waals surface area contributed by atoms with E-state index in [1.807, 2.05) is 18.2 Å². The van der Waals surface area contributed by atoms with E-state index in [1.165, 1.54) is 37.0 Å². The number of Topliss-reactive ketones (excluding diaryl/α,β-unsaturated/α-hetero) is 1. The maximum atomic E-state index is 12.7. The molecular weight excluding hydrogens is 428 g/mol. The molecule has 6 rings (SSSR count). The van der Waals surface area contributed by atoms with Crippen LogP contribution < -0.4 is 5.32 Å². The minimum Gasteiger partial charge on any atom is -0.394 e. The number of carbonyl (C=O) groups is 1. The largest absolute Gasteiger partial charge is 0.394 e. The molecule has 2 atom stereocenters. The minimum absolute atomic E-state index is 0.0238. The smallest absolute Gasteiger partial charge is 0.184 e. The van der Waals surface area contributed by atoms with Crippen molar-refractivity contribution in [3.63, 3.8) is 0 Å². The van der Waals surface area contributed by atoms with E-state index in [1.54, 1.807) is 4.68 Å². The zero-order chi connectivity index (χ0) is 23.1. The van der Waals surface area contributed by atoms with Crippen LogP contribution in [0.25, 0.3) is 0 Å². The van der Waals surface area contributed by atoms with Gasteiger partial charge >= 0.3 is 0 Å². The van der Waals surface area contributed by atoms with Gasteiger partial charge in [0, 0.05) is 35.8 Å². The molecule has 8 nitrogen and oxygen atoms in total. The van der Waals surface area contributed by atoms with Gasteiger partial charge < -0.3 is 10.4 Å². The summed E-state index contributed by atoms with van der Waals surface area (Å²) in [5.41, 5.74) is 5.89. The average molecular weight is 457 g/mol. The first kappa shape index (κ1) is 21.2. The first-order chi connectivity index (χ1) is 16.7. The quantitative estimate of drug-likeness (QED) is 0.592. The lowest BCUT2D eigenvalue weighted by Crippen LogP contribution is -2.36. The van der Waals surface area contributed by atoms with Crippen LogP contribution in [0, 0.1) is 0 Å². The Bertz CT molecular complexity index is 1240. The number of nitrogens with one attached hydrogen (secondary N) is 1. The van der Waals surface area contributed by atoms with Gasteiger partial charge in [-0.15, -0.1) is 0 Å². The van der Waals surface area contributed by atoms with Crippen molar-refractivity contribution in [3.05, 3.63) is 76.9 Å². The molecule has 2 unspecified atom stereocenters. The van der Waals surface area contributed by atoms with Gasteiger partial charge in [-0.3, -0.25) is 14.7 Å². The van der Waals surface area contributed by atoms with E-state index >= 15 is 0 Å². The summed E-state index contributed by atoms with van der Waals surface area (Å²) in [6.45, 7) is 4.49. The van der Waals surface area contributed by atoms with Crippen LogP contribution in [0.4, 0.5) is 5.69 Å². The van der Waals surface area contributed by atoms with Crippen molar-refractivity contribution in [3.8, 4) is 0 Å². The number of aliphatic imine (C=N–C) groups is 1. The Kier molecular flexibility index (Phi) is 5.47. The summed E-state index contributed by atoms with van der Waals surface area (Å²) in [4.78, 5) is 24.6. The maximum Gasteiger partial charge on any atom is 0.184 e. The number of aromatic nitrogens is 3. The number of nitrogens with zero attached hydrogens (tertiary/aromatic N) is 5. The highest BCUT2D eigenvalue weighted by atomic mass is 16.3. The summed E-state index contributed by atoms with van der Waals surface area (Å²) in [6.07, 6.45) is 2.83. The second-order valence-electron chi connectivity index (χ2n) is 9.25. The van der Waals surface area contributed by atoms with Gasteiger partial charge in [0.15, 0.2) is 5.78 Å². The molecule has 1 saturated heterocycles. The van der Waals surface area contributed by atoms with Gasteiger partial charge in [0.05, 0.1) is 24.8 Å². The number of hydrogen-bond donors (Lipinski definition) is 2. The van der Waals surface area contributed by atoms with Gasteiger partial charge in [-0.1, -0.05) is 36.4 Å². The zero-order valence-corrected chi connectivity index (χ0v) is 19.0. The lowest BCUT2D eigenvalue weighted by molar-refractivity contribution is 0.1000. The van der Waals surface area contributed by atoms with Crippen molar-refractivity contribution in [2.24, 2.45) is 4.99 Å². The van der Waals surface area contributed by atoms with Crippen LogP contribution in [0.1, 0.15) is 51.1 Å². The predicted molar refractivity (Wildman–Crippen MR) is 130 cm³/mol. The first-order valence-corrected chi connectivity index (χ1v) is 12.0. The van der Waals surface area contributed by atoms with Crippen LogP contribution in [-0.4, -0.2) is 69.1 Å². The van der Waals surface area contributed by atoms with Gasteiger partial charge in [0.25, 0.3) is 0 Å². The number of aliphatic hydroxyl groups is 1. The van der Waals surface area contributed by atoms with E-state index in [0.717, 1.165) is 29.3 Å². The molecule has 0 spiro atoms. The van der Waals surface area contributed by atoms with Crippen LogP contribution in [-0.2, 0) is 13.1 Å². The molecule has 3 aromatic rings. The topological polar surface area (TPSA) is 95.6 Å². The zero-order valence-electron chi connectivity index (χ0n) is 19.0. The number of hydrogen-bond acceptors (Lipinski definition) is 7. The van der Waals surface area contributed by atoms with Crippen LogP contribution in [0.15, 0.2) is 53.8 Å². The summed E-state index contributed by atoms with van der Waals surface area (Å²) >= 11 is 0. The van der Waals surface area contributed by atoms with Gasteiger partial charge in [-0.05, 0) is 36.7 Å². The van der Waals surface area contributed by atoms with Gasteiger partial charge in [-0.25, -0.2) is 9.67 Å². The third kappa shape index (κ3) is 3.63. The van der Waals surface area contributed by atoms with Crippen molar-refractivity contribution in [1.82, 2.24) is 19.7 Å². The lowest BCUT2D eigenvalue weighted by atomic mass is 9.78. The fourth-order valence-corrected chi connectivity index (χ4v) is 5.37. The van der Waals surface area contributed by atoms with Crippen LogP contribution in [0.5, 0.6) is 0 Å². The molecule has 3 aliphatic heterocycles. The van der Waals surface area contributed by atoms with Crippen molar-refractivity contribution < 1.29 is 9.90 Å². The summed E-state index contributed by atoms with van der Waals surface area (Å²) in [5, 5.41) is 17.6. The number of aliphatic hydroxyl groups excluding tert-OH is 1. The van der Waals surface area contributed by atoms with Crippen LogP contribution in [0.2, 0.25) is 0 Å². The molecule has 2 N–H and O–H groups in total. The Morgan fingerprint density at radius 1 is 1.12 bits per heavy atom. The molecule has 174 valence electrons. The fourth-order valence-electron chi connectivity index (χ4n) is 5.37. The fraction of sp³-hybridized carbons (Fsp3) is 0.385. The Morgan fingerprint density at radius 3 is 2.74 bits per heavy atom. The van der Waals surface area contributed by atoms with Crippen molar-refractivity contribution in [1.29, 1.82) is 0 Å². The average Bonchev–Trinajstić information content (AvgIpc) is 3.21. The highest BCUT2D eigenvalue weighted by Crippen LogP contribution is 2.42. The van der Waals surface area contributed by atoms with Crippen molar-refractivity contribution in [2.45, 2.75) is 31.3 Å². The van der Waals surface area contributed by atoms with Gasteiger partial charge in [0.2, 0.25) is 0 Å². The molecule has 0 amide bonds. The Labute approximate surface area is 198 Å². The van der Waals surface area contributed by atoms with Crippen molar-refractivity contribution >= 4 is 17.2 Å². The number of benzene rings is 2. The molecule has 4 heterocycles. The number of carbonyl (C=O) groups excluding carboxylic acids is 1. The third-order valence-electron chi connectivity index (χ3n) is 7.22. The Balaban J connectivity index is 1.45. The van der Waals surface area contributed by atoms with Gasteiger partial charge in [0.1, 0.15) is 18.7 Å². The molecule has 34 heavy (non-hydrogen) atoms. The molecule has 0 aliphatic carbocycles. The minimum atomic E-state index is -0.196.